The Hall–Kier alpha value is -1.84. The molecule has 21 heavy (non-hydrogen) atoms. The number of hydrogen-bond acceptors (Lipinski definition) is 2. The molecule has 1 aliphatic rings. The van der Waals surface area contributed by atoms with Crippen LogP contribution in [0.4, 0.5) is 0 Å². The van der Waals surface area contributed by atoms with Crippen molar-refractivity contribution in [3.63, 3.8) is 0 Å². The number of rotatable bonds is 7. The zero-order valence-corrected chi connectivity index (χ0v) is 12.8. The topological polar surface area (TPSA) is 58.2 Å². The van der Waals surface area contributed by atoms with Crippen LogP contribution in [0, 0.1) is 18.8 Å². The van der Waals surface area contributed by atoms with E-state index in [2.05, 4.69) is 23.6 Å². The van der Waals surface area contributed by atoms with Gasteiger partial charge in [0.1, 0.15) is 0 Å². The van der Waals surface area contributed by atoms with Crippen molar-refractivity contribution in [2.45, 2.75) is 39.7 Å². The van der Waals surface area contributed by atoms with Crippen molar-refractivity contribution in [2.24, 2.45) is 11.8 Å². The molecule has 1 aromatic carbocycles. The van der Waals surface area contributed by atoms with E-state index in [4.69, 9.17) is 0 Å². The third-order valence-electron chi connectivity index (χ3n) is 3.84. The summed E-state index contributed by atoms with van der Waals surface area (Å²) >= 11 is 0. The SMILES string of the molecule is CCCCNC(=O)C1CC1C(=O)NCc1cccc(C)c1. The molecular weight excluding hydrogens is 264 g/mol. The zero-order chi connectivity index (χ0) is 15.2. The molecule has 0 heterocycles. The summed E-state index contributed by atoms with van der Waals surface area (Å²) in [6, 6.07) is 8.07. The summed E-state index contributed by atoms with van der Waals surface area (Å²) in [5, 5.41) is 5.81. The standard InChI is InChI=1S/C17H24N2O2/c1-3-4-8-18-16(20)14-10-15(14)17(21)19-11-13-7-5-6-12(2)9-13/h5-7,9,14-15H,3-4,8,10-11H2,1-2H3,(H,18,20)(H,19,21). The van der Waals surface area contributed by atoms with Crippen molar-refractivity contribution >= 4 is 11.8 Å². The van der Waals surface area contributed by atoms with Crippen LogP contribution in [-0.4, -0.2) is 18.4 Å². The minimum Gasteiger partial charge on any atom is -0.356 e. The Morgan fingerprint density at radius 2 is 1.90 bits per heavy atom. The van der Waals surface area contributed by atoms with Gasteiger partial charge in [-0.3, -0.25) is 9.59 Å². The average Bonchev–Trinajstić information content (AvgIpc) is 3.25. The summed E-state index contributed by atoms with van der Waals surface area (Å²) in [6.45, 7) is 5.36. The van der Waals surface area contributed by atoms with Gasteiger partial charge in [0.15, 0.2) is 0 Å². The fourth-order valence-corrected chi connectivity index (χ4v) is 2.44. The molecule has 1 aliphatic carbocycles. The summed E-state index contributed by atoms with van der Waals surface area (Å²) in [4.78, 5) is 23.8. The molecule has 2 rings (SSSR count). The number of unbranched alkanes of at least 4 members (excludes halogenated alkanes) is 1. The first kappa shape index (κ1) is 15.5. The van der Waals surface area contributed by atoms with Crippen LogP contribution >= 0.6 is 0 Å². The van der Waals surface area contributed by atoms with Gasteiger partial charge in [0.25, 0.3) is 0 Å². The third-order valence-corrected chi connectivity index (χ3v) is 3.84. The third kappa shape index (κ3) is 4.59. The van der Waals surface area contributed by atoms with E-state index in [9.17, 15) is 9.59 Å². The van der Waals surface area contributed by atoms with Gasteiger partial charge in [-0.2, -0.15) is 0 Å². The van der Waals surface area contributed by atoms with E-state index >= 15 is 0 Å². The van der Waals surface area contributed by atoms with E-state index in [-0.39, 0.29) is 23.7 Å². The van der Waals surface area contributed by atoms with E-state index in [1.807, 2.05) is 25.1 Å². The molecule has 2 unspecified atom stereocenters. The van der Waals surface area contributed by atoms with Crippen LogP contribution in [0.25, 0.3) is 0 Å². The second-order valence-electron chi connectivity index (χ2n) is 5.80. The Morgan fingerprint density at radius 3 is 2.57 bits per heavy atom. The molecule has 0 aromatic heterocycles. The van der Waals surface area contributed by atoms with Crippen molar-refractivity contribution in [3.05, 3.63) is 35.4 Å². The summed E-state index contributed by atoms with van der Waals surface area (Å²) in [6.07, 6.45) is 2.73. The van der Waals surface area contributed by atoms with Gasteiger partial charge < -0.3 is 10.6 Å². The molecule has 0 aliphatic heterocycles. The highest BCUT2D eigenvalue weighted by Gasteiger charge is 2.47. The molecule has 4 heteroatoms. The highest BCUT2D eigenvalue weighted by Crippen LogP contribution is 2.38. The average molecular weight is 288 g/mol. The van der Waals surface area contributed by atoms with E-state index < -0.39 is 0 Å². The van der Waals surface area contributed by atoms with Gasteiger partial charge in [-0.1, -0.05) is 43.2 Å². The smallest absolute Gasteiger partial charge is 0.224 e. The maximum absolute atomic E-state index is 12.0. The molecule has 2 amide bonds. The highest BCUT2D eigenvalue weighted by molar-refractivity contribution is 5.92. The van der Waals surface area contributed by atoms with E-state index in [1.165, 1.54) is 5.56 Å². The van der Waals surface area contributed by atoms with Crippen LogP contribution in [0.3, 0.4) is 0 Å². The lowest BCUT2D eigenvalue weighted by Crippen LogP contribution is -2.30. The molecule has 0 spiro atoms. The Labute approximate surface area is 126 Å². The van der Waals surface area contributed by atoms with Crippen molar-refractivity contribution < 1.29 is 9.59 Å². The summed E-state index contributed by atoms with van der Waals surface area (Å²) in [5.41, 5.74) is 2.27. The number of amides is 2. The maximum Gasteiger partial charge on any atom is 0.224 e. The van der Waals surface area contributed by atoms with E-state index in [1.54, 1.807) is 0 Å². The minimum absolute atomic E-state index is 0.00727. The Morgan fingerprint density at radius 1 is 1.19 bits per heavy atom. The summed E-state index contributed by atoms with van der Waals surface area (Å²) < 4.78 is 0. The second-order valence-corrected chi connectivity index (χ2v) is 5.80. The number of carbonyl (C=O) groups is 2. The molecule has 0 radical (unpaired) electrons. The highest BCUT2D eigenvalue weighted by atomic mass is 16.2. The first-order valence-electron chi connectivity index (χ1n) is 7.72. The molecule has 2 atom stereocenters. The van der Waals surface area contributed by atoms with Gasteiger partial charge in [-0.25, -0.2) is 0 Å². The Balaban J connectivity index is 1.72. The van der Waals surface area contributed by atoms with Gasteiger partial charge in [0.05, 0.1) is 11.8 Å². The number of benzene rings is 1. The van der Waals surface area contributed by atoms with Crippen molar-refractivity contribution in [1.82, 2.24) is 10.6 Å². The molecule has 0 bridgehead atoms. The van der Waals surface area contributed by atoms with Crippen LogP contribution in [0.2, 0.25) is 0 Å². The van der Waals surface area contributed by atoms with Gasteiger partial charge in [0.2, 0.25) is 11.8 Å². The lowest BCUT2D eigenvalue weighted by atomic mass is 10.1. The molecule has 2 N–H and O–H groups in total. The predicted octanol–water partition coefficient (Wildman–Crippen LogP) is 2.16. The summed E-state index contributed by atoms with van der Waals surface area (Å²) in [5.74, 6) is -0.248. The molecule has 114 valence electrons. The Bertz CT molecular complexity index is 513. The van der Waals surface area contributed by atoms with E-state index in [0.29, 0.717) is 19.5 Å². The number of nitrogens with one attached hydrogen (secondary N) is 2. The van der Waals surface area contributed by atoms with Gasteiger partial charge in [-0.15, -0.1) is 0 Å². The van der Waals surface area contributed by atoms with Crippen LogP contribution in [0.15, 0.2) is 24.3 Å². The van der Waals surface area contributed by atoms with Gasteiger partial charge in [-0.05, 0) is 25.3 Å². The van der Waals surface area contributed by atoms with Crippen LogP contribution < -0.4 is 10.6 Å². The molecular formula is C17H24N2O2. The molecule has 4 nitrogen and oxygen atoms in total. The zero-order valence-electron chi connectivity index (χ0n) is 12.8. The lowest BCUT2D eigenvalue weighted by molar-refractivity contribution is -0.127. The molecule has 1 saturated carbocycles. The van der Waals surface area contributed by atoms with Crippen LogP contribution in [0.1, 0.15) is 37.3 Å². The largest absolute Gasteiger partial charge is 0.356 e. The van der Waals surface area contributed by atoms with Crippen molar-refractivity contribution in [2.75, 3.05) is 6.54 Å². The first-order chi connectivity index (χ1) is 10.1. The van der Waals surface area contributed by atoms with Gasteiger partial charge >= 0.3 is 0 Å². The lowest BCUT2D eigenvalue weighted by Gasteiger charge is -2.06. The Kier molecular flexibility index (Phi) is 5.37. The number of aryl methyl sites for hydroxylation is 1. The normalized spacial score (nSPS) is 19.9. The quantitative estimate of drug-likeness (QED) is 0.755. The molecule has 1 aromatic rings. The fraction of sp³-hybridized carbons (Fsp3) is 0.529. The predicted molar refractivity (Wildman–Crippen MR) is 82.5 cm³/mol. The number of carbonyl (C=O) groups excluding carboxylic acids is 2. The van der Waals surface area contributed by atoms with E-state index in [0.717, 1.165) is 18.4 Å². The van der Waals surface area contributed by atoms with Crippen LogP contribution in [0.5, 0.6) is 0 Å². The second kappa shape index (κ2) is 7.25. The maximum atomic E-state index is 12.0. The monoisotopic (exact) mass is 288 g/mol. The minimum atomic E-state index is -0.142. The van der Waals surface area contributed by atoms with Crippen LogP contribution in [-0.2, 0) is 16.1 Å². The van der Waals surface area contributed by atoms with Gasteiger partial charge in [0, 0.05) is 13.1 Å². The molecule has 1 fully saturated rings. The summed E-state index contributed by atoms with van der Waals surface area (Å²) in [7, 11) is 0. The van der Waals surface area contributed by atoms with Crippen molar-refractivity contribution in [3.8, 4) is 0 Å². The number of hydrogen-bond donors (Lipinski definition) is 2. The first-order valence-corrected chi connectivity index (χ1v) is 7.72. The fourth-order valence-electron chi connectivity index (χ4n) is 2.44. The molecule has 0 saturated heterocycles. The van der Waals surface area contributed by atoms with Crippen molar-refractivity contribution in [1.29, 1.82) is 0 Å².